The molecule has 0 heterocycles. The van der Waals surface area contributed by atoms with Crippen molar-refractivity contribution < 1.29 is 5.21 Å². The van der Waals surface area contributed by atoms with Crippen LogP contribution in [0.4, 0.5) is 0 Å². The van der Waals surface area contributed by atoms with Crippen LogP contribution in [-0.2, 0) is 0 Å². The van der Waals surface area contributed by atoms with Crippen molar-refractivity contribution in [2.24, 2.45) is 16.8 Å². The van der Waals surface area contributed by atoms with Crippen LogP contribution in [0.2, 0.25) is 0 Å². The van der Waals surface area contributed by atoms with Gasteiger partial charge >= 0.3 is 0 Å². The van der Waals surface area contributed by atoms with E-state index in [2.05, 4.69) is 24.3 Å². The number of nitrogens with zero attached hydrogens (tertiary/aromatic N) is 1. The Labute approximate surface area is 128 Å². The first-order valence-electron chi connectivity index (χ1n) is 7.95. The van der Waals surface area contributed by atoms with Gasteiger partial charge in [-0.25, -0.2) is 0 Å². The Hall–Kier alpha value is -1.55. The fraction of sp³-hybridized carbons (Fsp3) is 0.588. The van der Waals surface area contributed by atoms with Crippen LogP contribution in [-0.4, -0.2) is 24.1 Å². The molecule has 1 aromatic rings. The number of benzene rings is 1. The summed E-state index contributed by atoms with van der Waals surface area (Å²) in [6.07, 6.45) is 4.97. The molecule has 1 aromatic carbocycles. The van der Waals surface area contributed by atoms with E-state index < -0.39 is 0 Å². The topological polar surface area (TPSA) is 70.6 Å². The van der Waals surface area contributed by atoms with Crippen LogP contribution in [0.15, 0.2) is 35.5 Å². The number of hydrogen-bond donors (Lipinski definition) is 3. The van der Waals surface area contributed by atoms with Gasteiger partial charge in [0.1, 0.15) is 5.84 Å². The third-order valence-corrected chi connectivity index (χ3v) is 4.00. The van der Waals surface area contributed by atoms with Crippen molar-refractivity contribution in [1.82, 2.24) is 5.32 Å². The van der Waals surface area contributed by atoms with Gasteiger partial charge in [-0.05, 0) is 24.4 Å². The molecule has 2 unspecified atom stereocenters. The van der Waals surface area contributed by atoms with Crippen molar-refractivity contribution in [3.8, 4) is 0 Å². The Morgan fingerprint density at radius 1 is 1.24 bits per heavy atom. The van der Waals surface area contributed by atoms with E-state index in [0.29, 0.717) is 12.5 Å². The molecule has 0 saturated carbocycles. The second kappa shape index (κ2) is 10.2. The first-order chi connectivity index (χ1) is 10.2. The minimum absolute atomic E-state index is 0.0834. The maximum Gasteiger partial charge on any atom is 0.147 e. The van der Waals surface area contributed by atoms with E-state index in [-0.39, 0.29) is 11.8 Å². The molecule has 0 amide bonds. The molecule has 0 aliphatic carbocycles. The Balaban J connectivity index is 2.55. The maximum absolute atomic E-state index is 8.97. The molecule has 118 valence electrons. The average molecular weight is 291 g/mol. The number of rotatable bonds is 10. The van der Waals surface area contributed by atoms with Gasteiger partial charge in [0.15, 0.2) is 0 Å². The number of nitrogens with one attached hydrogen (secondary N) is 1. The van der Waals surface area contributed by atoms with E-state index in [9.17, 15) is 0 Å². The van der Waals surface area contributed by atoms with E-state index in [0.717, 1.165) is 12.1 Å². The van der Waals surface area contributed by atoms with Gasteiger partial charge in [-0.3, -0.25) is 0 Å². The Bertz CT molecular complexity index is 406. The van der Waals surface area contributed by atoms with Crippen molar-refractivity contribution in [3.63, 3.8) is 0 Å². The number of unbranched alkanes of at least 4 members (excludes halogenated alkanes) is 1. The van der Waals surface area contributed by atoms with Crippen LogP contribution in [0.25, 0.3) is 0 Å². The monoisotopic (exact) mass is 291 g/mol. The van der Waals surface area contributed by atoms with Crippen molar-refractivity contribution in [1.29, 1.82) is 0 Å². The van der Waals surface area contributed by atoms with Gasteiger partial charge in [-0.2, -0.15) is 0 Å². The Kier molecular flexibility index (Phi) is 8.51. The van der Waals surface area contributed by atoms with E-state index in [4.69, 9.17) is 10.9 Å². The number of nitrogens with two attached hydrogens (primary N) is 1. The molecule has 0 radical (unpaired) electrons. The van der Waals surface area contributed by atoms with Crippen molar-refractivity contribution in [3.05, 3.63) is 35.9 Å². The van der Waals surface area contributed by atoms with Crippen LogP contribution < -0.4 is 11.1 Å². The van der Waals surface area contributed by atoms with E-state index >= 15 is 0 Å². The minimum atomic E-state index is -0.0834. The molecule has 2 atom stereocenters. The van der Waals surface area contributed by atoms with Crippen LogP contribution in [0.1, 0.15) is 51.0 Å². The lowest BCUT2D eigenvalue weighted by molar-refractivity contribution is 0.315. The summed E-state index contributed by atoms with van der Waals surface area (Å²) >= 11 is 0. The summed E-state index contributed by atoms with van der Waals surface area (Å²) < 4.78 is 0. The highest BCUT2D eigenvalue weighted by Gasteiger charge is 2.16. The number of oxime groups is 1. The van der Waals surface area contributed by atoms with E-state index in [1.807, 2.05) is 30.3 Å². The number of hydrogen-bond acceptors (Lipinski definition) is 3. The fourth-order valence-electron chi connectivity index (χ4n) is 2.52. The van der Waals surface area contributed by atoms with Gasteiger partial charge in [0.25, 0.3) is 0 Å². The summed E-state index contributed by atoms with van der Waals surface area (Å²) in [5.41, 5.74) is 6.91. The quantitative estimate of drug-likeness (QED) is 0.268. The zero-order valence-corrected chi connectivity index (χ0v) is 13.3. The van der Waals surface area contributed by atoms with E-state index in [1.54, 1.807) is 0 Å². The molecule has 4 heteroatoms. The molecular weight excluding hydrogens is 262 g/mol. The fourth-order valence-corrected chi connectivity index (χ4v) is 2.52. The molecule has 4 nitrogen and oxygen atoms in total. The molecule has 0 aliphatic heterocycles. The summed E-state index contributed by atoms with van der Waals surface area (Å²) in [5.74, 6) is 0.879. The summed E-state index contributed by atoms with van der Waals surface area (Å²) in [4.78, 5) is 0. The second-order valence-electron chi connectivity index (χ2n) is 5.56. The molecule has 0 saturated heterocycles. The summed E-state index contributed by atoms with van der Waals surface area (Å²) in [7, 11) is 0. The predicted molar refractivity (Wildman–Crippen MR) is 88.8 cm³/mol. The number of amidine groups is 1. The SMILES string of the molecule is CCCCC(CC)CNCC(/C(N)=N/O)c1ccccc1. The second-order valence-corrected chi connectivity index (χ2v) is 5.56. The molecule has 0 fully saturated rings. The molecule has 1 rings (SSSR count). The van der Waals surface area contributed by atoms with Gasteiger partial charge in [0.2, 0.25) is 0 Å². The van der Waals surface area contributed by atoms with Crippen LogP contribution in [0, 0.1) is 5.92 Å². The summed E-state index contributed by atoms with van der Waals surface area (Å²) in [5, 5.41) is 15.6. The summed E-state index contributed by atoms with van der Waals surface area (Å²) in [6, 6.07) is 9.95. The highest BCUT2D eigenvalue weighted by molar-refractivity contribution is 5.87. The molecule has 0 bridgehead atoms. The lowest BCUT2D eigenvalue weighted by Crippen LogP contribution is -2.34. The molecular formula is C17H29N3O. The lowest BCUT2D eigenvalue weighted by Gasteiger charge is -2.20. The van der Waals surface area contributed by atoms with Gasteiger partial charge in [-0.1, -0.05) is 68.6 Å². The molecule has 4 N–H and O–H groups in total. The van der Waals surface area contributed by atoms with Crippen LogP contribution in [0.5, 0.6) is 0 Å². The first-order valence-corrected chi connectivity index (χ1v) is 7.95. The largest absolute Gasteiger partial charge is 0.409 e. The highest BCUT2D eigenvalue weighted by Crippen LogP contribution is 2.16. The summed E-state index contributed by atoms with van der Waals surface area (Å²) in [6.45, 7) is 6.14. The molecule has 0 aromatic heterocycles. The lowest BCUT2D eigenvalue weighted by atomic mass is 9.96. The highest BCUT2D eigenvalue weighted by atomic mass is 16.4. The van der Waals surface area contributed by atoms with Crippen molar-refractivity contribution >= 4 is 5.84 Å². The zero-order chi connectivity index (χ0) is 15.5. The van der Waals surface area contributed by atoms with E-state index in [1.165, 1.54) is 25.7 Å². The van der Waals surface area contributed by atoms with Gasteiger partial charge in [0.05, 0.1) is 5.92 Å². The molecule has 0 aliphatic rings. The van der Waals surface area contributed by atoms with Gasteiger partial charge in [-0.15, -0.1) is 0 Å². The molecule has 0 spiro atoms. The first kappa shape index (κ1) is 17.5. The van der Waals surface area contributed by atoms with Gasteiger partial charge < -0.3 is 16.3 Å². The van der Waals surface area contributed by atoms with Gasteiger partial charge in [0, 0.05) is 6.54 Å². The zero-order valence-electron chi connectivity index (χ0n) is 13.3. The standard InChI is InChI=1S/C17H29N3O/c1-3-5-9-14(4-2)12-19-13-16(17(18)20-21)15-10-7-6-8-11-15/h6-8,10-11,14,16,19,21H,3-5,9,12-13H2,1-2H3,(H2,18,20). The third-order valence-electron chi connectivity index (χ3n) is 4.00. The normalized spacial score (nSPS) is 14.9. The Morgan fingerprint density at radius 2 is 1.95 bits per heavy atom. The smallest absolute Gasteiger partial charge is 0.147 e. The maximum atomic E-state index is 8.97. The predicted octanol–water partition coefficient (Wildman–Crippen LogP) is 3.32. The molecule has 21 heavy (non-hydrogen) atoms. The minimum Gasteiger partial charge on any atom is -0.409 e. The third kappa shape index (κ3) is 6.17. The van der Waals surface area contributed by atoms with Crippen LogP contribution in [0.3, 0.4) is 0 Å². The van der Waals surface area contributed by atoms with Crippen molar-refractivity contribution in [2.45, 2.75) is 45.4 Å². The Morgan fingerprint density at radius 3 is 2.52 bits per heavy atom. The van der Waals surface area contributed by atoms with Crippen molar-refractivity contribution in [2.75, 3.05) is 13.1 Å². The van der Waals surface area contributed by atoms with Crippen LogP contribution >= 0.6 is 0 Å². The average Bonchev–Trinajstić information content (AvgIpc) is 2.54.